The highest BCUT2D eigenvalue weighted by Crippen LogP contribution is 2.35. The van der Waals surface area contributed by atoms with Crippen molar-refractivity contribution in [3.63, 3.8) is 0 Å². The van der Waals surface area contributed by atoms with Crippen molar-refractivity contribution in [3.05, 3.63) is 23.7 Å². The molecule has 1 aliphatic heterocycles. The fourth-order valence-corrected chi connectivity index (χ4v) is 2.12. The molecule has 0 aromatic carbocycles. The first-order chi connectivity index (χ1) is 7.88. The van der Waals surface area contributed by atoms with E-state index in [1.54, 1.807) is 0 Å². The average Bonchev–Trinajstić information content (AvgIpc) is 2.83. The average molecular weight is 249 g/mol. The topological polar surface area (TPSA) is 36.6 Å². The standard InChI is InChI=1S/C11H14F3NO2/c1-15-5-4-7(6-15)10(16)8-2-3-9(17-8)11(12,13)14/h2-3,7,10,16H,4-6H2,1H3. The molecule has 0 amide bonds. The summed E-state index contributed by atoms with van der Waals surface area (Å²) in [6.45, 7) is 1.51. The highest BCUT2D eigenvalue weighted by Gasteiger charge is 2.36. The number of likely N-dealkylation sites (tertiary alicyclic amines) is 1. The Bertz CT molecular complexity index is 388. The molecular formula is C11H14F3NO2. The van der Waals surface area contributed by atoms with E-state index in [2.05, 4.69) is 4.42 Å². The van der Waals surface area contributed by atoms with Crippen LogP contribution in [0.3, 0.4) is 0 Å². The lowest BCUT2D eigenvalue weighted by Gasteiger charge is -2.15. The van der Waals surface area contributed by atoms with Crippen LogP contribution in [-0.4, -0.2) is 30.1 Å². The molecule has 2 heterocycles. The van der Waals surface area contributed by atoms with Crippen LogP contribution < -0.4 is 0 Å². The molecule has 1 aliphatic rings. The molecule has 0 spiro atoms. The highest BCUT2D eigenvalue weighted by molar-refractivity contribution is 5.12. The van der Waals surface area contributed by atoms with E-state index >= 15 is 0 Å². The lowest BCUT2D eigenvalue weighted by molar-refractivity contribution is -0.154. The summed E-state index contributed by atoms with van der Waals surface area (Å²) in [4.78, 5) is 2.03. The summed E-state index contributed by atoms with van der Waals surface area (Å²) < 4.78 is 41.6. The molecule has 17 heavy (non-hydrogen) atoms. The second kappa shape index (κ2) is 4.34. The van der Waals surface area contributed by atoms with E-state index in [-0.39, 0.29) is 11.7 Å². The second-order valence-electron chi connectivity index (χ2n) is 4.46. The molecule has 0 saturated carbocycles. The largest absolute Gasteiger partial charge is 0.454 e. The number of aliphatic hydroxyl groups excluding tert-OH is 1. The van der Waals surface area contributed by atoms with Gasteiger partial charge >= 0.3 is 6.18 Å². The van der Waals surface area contributed by atoms with Gasteiger partial charge in [0.25, 0.3) is 0 Å². The summed E-state index contributed by atoms with van der Waals surface area (Å²) >= 11 is 0. The zero-order valence-corrected chi connectivity index (χ0v) is 9.37. The number of aliphatic hydroxyl groups is 1. The Balaban J connectivity index is 2.09. The van der Waals surface area contributed by atoms with E-state index in [4.69, 9.17) is 0 Å². The van der Waals surface area contributed by atoms with E-state index in [0.29, 0.717) is 6.54 Å². The van der Waals surface area contributed by atoms with Gasteiger partial charge in [0.15, 0.2) is 0 Å². The van der Waals surface area contributed by atoms with Gasteiger partial charge in [-0.15, -0.1) is 0 Å². The predicted molar refractivity (Wildman–Crippen MR) is 54.3 cm³/mol. The molecule has 2 unspecified atom stereocenters. The van der Waals surface area contributed by atoms with E-state index in [1.807, 2.05) is 11.9 Å². The smallest absolute Gasteiger partial charge is 0.449 e. The van der Waals surface area contributed by atoms with Crippen LogP contribution in [0.1, 0.15) is 24.0 Å². The summed E-state index contributed by atoms with van der Waals surface area (Å²) in [6.07, 6.45) is -4.69. The summed E-state index contributed by atoms with van der Waals surface area (Å²) in [6, 6.07) is 2.06. The summed E-state index contributed by atoms with van der Waals surface area (Å²) in [7, 11) is 1.91. The number of nitrogens with zero attached hydrogens (tertiary/aromatic N) is 1. The Hall–Kier alpha value is -1.01. The zero-order chi connectivity index (χ0) is 12.6. The van der Waals surface area contributed by atoms with Crippen molar-refractivity contribution in [1.82, 2.24) is 4.90 Å². The van der Waals surface area contributed by atoms with Gasteiger partial charge in [-0.25, -0.2) is 0 Å². The van der Waals surface area contributed by atoms with Gasteiger partial charge in [-0.3, -0.25) is 0 Å². The Morgan fingerprint density at radius 3 is 2.65 bits per heavy atom. The fraction of sp³-hybridized carbons (Fsp3) is 0.636. The fourth-order valence-electron chi connectivity index (χ4n) is 2.12. The molecule has 2 atom stereocenters. The third-order valence-corrected chi connectivity index (χ3v) is 3.07. The molecule has 0 aliphatic carbocycles. The second-order valence-corrected chi connectivity index (χ2v) is 4.46. The van der Waals surface area contributed by atoms with Crippen LogP contribution in [0.4, 0.5) is 13.2 Å². The minimum Gasteiger partial charge on any atom is -0.454 e. The number of alkyl halides is 3. The normalized spacial score (nSPS) is 24.2. The SMILES string of the molecule is CN1CCC(C(O)c2ccc(C(F)(F)F)o2)C1. The van der Waals surface area contributed by atoms with Crippen LogP contribution in [0.5, 0.6) is 0 Å². The molecule has 2 rings (SSSR count). The van der Waals surface area contributed by atoms with E-state index in [9.17, 15) is 18.3 Å². The van der Waals surface area contributed by atoms with Gasteiger partial charge < -0.3 is 14.4 Å². The first-order valence-corrected chi connectivity index (χ1v) is 5.41. The number of hydrogen-bond donors (Lipinski definition) is 1. The van der Waals surface area contributed by atoms with E-state index < -0.39 is 18.0 Å². The van der Waals surface area contributed by atoms with Gasteiger partial charge in [0.2, 0.25) is 5.76 Å². The molecule has 1 saturated heterocycles. The highest BCUT2D eigenvalue weighted by atomic mass is 19.4. The molecule has 0 radical (unpaired) electrons. The van der Waals surface area contributed by atoms with Gasteiger partial charge in [-0.05, 0) is 32.1 Å². The predicted octanol–water partition coefficient (Wildman–Crippen LogP) is 2.28. The van der Waals surface area contributed by atoms with Crippen LogP contribution >= 0.6 is 0 Å². The zero-order valence-electron chi connectivity index (χ0n) is 9.37. The summed E-state index contributed by atoms with van der Waals surface area (Å²) in [5.74, 6) is -1.12. The maximum Gasteiger partial charge on any atom is 0.449 e. The van der Waals surface area contributed by atoms with Gasteiger partial charge in [0, 0.05) is 12.5 Å². The number of hydrogen-bond acceptors (Lipinski definition) is 3. The third-order valence-electron chi connectivity index (χ3n) is 3.07. The maximum absolute atomic E-state index is 12.3. The number of halogens is 3. The molecule has 0 bridgehead atoms. The maximum atomic E-state index is 12.3. The van der Waals surface area contributed by atoms with Crippen LogP contribution in [0.15, 0.2) is 16.5 Å². The summed E-state index contributed by atoms with van der Waals surface area (Å²) in [5.41, 5.74) is 0. The van der Waals surface area contributed by atoms with Crippen molar-refractivity contribution in [2.75, 3.05) is 20.1 Å². The molecule has 1 aromatic rings. The molecule has 6 heteroatoms. The first kappa shape index (κ1) is 12.4. The monoisotopic (exact) mass is 249 g/mol. The Morgan fingerprint density at radius 1 is 1.47 bits per heavy atom. The van der Waals surface area contributed by atoms with Crippen molar-refractivity contribution < 1.29 is 22.7 Å². The van der Waals surface area contributed by atoms with Crippen LogP contribution in [0.25, 0.3) is 0 Å². The van der Waals surface area contributed by atoms with E-state index in [1.165, 1.54) is 6.07 Å². The Morgan fingerprint density at radius 2 is 2.18 bits per heavy atom. The summed E-state index contributed by atoms with van der Waals surface area (Å²) in [5, 5.41) is 9.93. The van der Waals surface area contributed by atoms with Gasteiger partial charge in [-0.1, -0.05) is 0 Å². The molecule has 3 nitrogen and oxygen atoms in total. The van der Waals surface area contributed by atoms with Gasteiger partial charge in [0.05, 0.1) is 0 Å². The van der Waals surface area contributed by atoms with Crippen molar-refractivity contribution >= 4 is 0 Å². The van der Waals surface area contributed by atoms with Crippen molar-refractivity contribution in [3.8, 4) is 0 Å². The molecule has 96 valence electrons. The molecule has 1 N–H and O–H groups in total. The number of rotatable bonds is 2. The van der Waals surface area contributed by atoms with Crippen molar-refractivity contribution in [2.24, 2.45) is 5.92 Å². The van der Waals surface area contributed by atoms with Gasteiger partial charge in [0.1, 0.15) is 11.9 Å². The van der Waals surface area contributed by atoms with E-state index in [0.717, 1.165) is 19.0 Å². The van der Waals surface area contributed by atoms with Gasteiger partial charge in [-0.2, -0.15) is 13.2 Å². The first-order valence-electron chi connectivity index (χ1n) is 5.41. The van der Waals surface area contributed by atoms with Crippen LogP contribution in [-0.2, 0) is 6.18 Å². The minimum atomic E-state index is -4.50. The molecule has 1 fully saturated rings. The third kappa shape index (κ3) is 2.63. The quantitative estimate of drug-likeness (QED) is 0.873. The molecular weight excluding hydrogens is 235 g/mol. The van der Waals surface area contributed by atoms with Crippen molar-refractivity contribution in [2.45, 2.75) is 18.7 Å². The lowest BCUT2D eigenvalue weighted by atomic mass is 10.00. The number of furan rings is 1. The van der Waals surface area contributed by atoms with Crippen molar-refractivity contribution in [1.29, 1.82) is 0 Å². The minimum absolute atomic E-state index is 0.00220. The lowest BCUT2D eigenvalue weighted by Crippen LogP contribution is -2.18. The molecule has 1 aromatic heterocycles. The van der Waals surface area contributed by atoms with Crippen LogP contribution in [0.2, 0.25) is 0 Å². The Labute approximate surface area is 96.8 Å². The van der Waals surface area contributed by atoms with Crippen LogP contribution in [0, 0.1) is 5.92 Å². The Kier molecular flexibility index (Phi) is 3.18.